The van der Waals surface area contributed by atoms with Crippen molar-refractivity contribution < 1.29 is 13.2 Å². The predicted molar refractivity (Wildman–Crippen MR) is 82.4 cm³/mol. The maximum Gasteiger partial charge on any atom is 0.247 e. The van der Waals surface area contributed by atoms with E-state index in [0.717, 1.165) is 11.8 Å². The fourth-order valence-electron chi connectivity index (χ4n) is 1.72. The van der Waals surface area contributed by atoms with Gasteiger partial charge in [-0.1, -0.05) is 29.8 Å². The molecule has 1 aromatic rings. The van der Waals surface area contributed by atoms with Gasteiger partial charge < -0.3 is 5.32 Å². The first-order valence-electron chi connectivity index (χ1n) is 6.10. The molecule has 0 radical (unpaired) electrons. The number of nitrogens with one attached hydrogen (secondary N) is 1. The summed E-state index contributed by atoms with van der Waals surface area (Å²) < 4.78 is 22.3. The van der Waals surface area contributed by atoms with E-state index in [-0.39, 0.29) is 11.7 Å². The molecule has 1 aromatic carbocycles. The summed E-state index contributed by atoms with van der Waals surface area (Å²) in [5.74, 6) is -0.390. The Hall–Kier alpha value is -1.33. The maximum absolute atomic E-state index is 11.9. The standard InChI is InChI=1S/C14H18ClNO3S/c1-10(8-12-6-4-5-7-13(12)15)14(17)16-11(2)9-20(3,18)19/h4-8,11H,9H2,1-3H3,(H,16,17)/b10-8+. The average molecular weight is 316 g/mol. The highest BCUT2D eigenvalue weighted by Crippen LogP contribution is 2.18. The number of benzene rings is 1. The topological polar surface area (TPSA) is 63.2 Å². The van der Waals surface area contributed by atoms with Crippen LogP contribution in [0.4, 0.5) is 0 Å². The highest BCUT2D eigenvalue weighted by Gasteiger charge is 2.14. The molecule has 1 N–H and O–H groups in total. The molecule has 6 heteroatoms. The van der Waals surface area contributed by atoms with Crippen molar-refractivity contribution in [1.82, 2.24) is 5.32 Å². The van der Waals surface area contributed by atoms with Gasteiger partial charge >= 0.3 is 0 Å². The second-order valence-electron chi connectivity index (χ2n) is 4.82. The molecule has 0 spiro atoms. The van der Waals surface area contributed by atoms with Gasteiger partial charge in [-0.25, -0.2) is 8.42 Å². The van der Waals surface area contributed by atoms with Crippen LogP contribution < -0.4 is 5.32 Å². The third-order valence-corrected chi connectivity index (χ3v) is 4.02. The second kappa shape index (κ2) is 6.90. The van der Waals surface area contributed by atoms with Gasteiger partial charge in [-0.15, -0.1) is 0 Å². The van der Waals surface area contributed by atoms with Gasteiger partial charge in [-0.3, -0.25) is 4.79 Å². The number of hydrogen-bond acceptors (Lipinski definition) is 3. The van der Waals surface area contributed by atoms with Crippen molar-refractivity contribution in [2.45, 2.75) is 19.9 Å². The van der Waals surface area contributed by atoms with Gasteiger partial charge in [0.1, 0.15) is 9.84 Å². The van der Waals surface area contributed by atoms with Crippen LogP contribution in [0.1, 0.15) is 19.4 Å². The van der Waals surface area contributed by atoms with Crippen molar-refractivity contribution in [3.05, 3.63) is 40.4 Å². The lowest BCUT2D eigenvalue weighted by molar-refractivity contribution is -0.117. The summed E-state index contributed by atoms with van der Waals surface area (Å²) in [5.41, 5.74) is 1.22. The van der Waals surface area contributed by atoms with E-state index < -0.39 is 15.9 Å². The first-order chi connectivity index (χ1) is 9.19. The van der Waals surface area contributed by atoms with Crippen molar-refractivity contribution in [2.75, 3.05) is 12.0 Å². The van der Waals surface area contributed by atoms with Gasteiger partial charge in [0.2, 0.25) is 5.91 Å². The van der Waals surface area contributed by atoms with E-state index in [2.05, 4.69) is 5.32 Å². The van der Waals surface area contributed by atoms with Crippen molar-refractivity contribution in [3.8, 4) is 0 Å². The molecule has 0 saturated carbocycles. The number of amides is 1. The van der Waals surface area contributed by atoms with E-state index in [1.165, 1.54) is 0 Å². The first kappa shape index (κ1) is 16.7. The zero-order valence-electron chi connectivity index (χ0n) is 11.7. The SMILES string of the molecule is C/C(=C\c1ccccc1Cl)C(=O)NC(C)CS(C)(=O)=O. The van der Waals surface area contributed by atoms with Crippen LogP contribution in [0.25, 0.3) is 6.08 Å². The van der Waals surface area contributed by atoms with Gasteiger partial charge in [0.25, 0.3) is 0 Å². The van der Waals surface area contributed by atoms with Crippen molar-refractivity contribution >= 4 is 33.4 Å². The van der Waals surface area contributed by atoms with E-state index in [1.807, 2.05) is 12.1 Å². The summed E-state index contributed by atoms with van der Waals surface area (Å²) in [5, 5.41) is 3.21. The molecule has 0 aliphatic rings. The van der Waals surface area contributed by atoms with Crippen LogP contribution in [-0.2, 0) is 14.6 Å². The summed E-state index contributed by atoms with van der Waals surface area (Å²) in [6.45, 7) is 3.31. The van der Waals surface area contributed by atoms with Crippen LogP contribution in [0.3, 0.4) is 0 Å². The minimum absolute atomic E-state index is 0.0852. The van der Waals surface area contributed by atoms with Crippen LogP contribution in [-0.4, -0.2) is 32.4 Å². The average Bonchev–Trinajstić information content (AvgIpc) is 2.29. The van der Waals surface area contributed by atoms with Gasteiger partial charge in [0, 0.05) is 22.9 Å². The third-order valence-electron chi connectivity index (χ3n) is 2.57. The highest BCUT2D eigenvalue weighted by molar-refractivity contribution is 7.90. The number of rotatable bonds is 5. The Bertz CT molecular complexity index is 623. The molecular weight excluding hydrogens is 298 g/mol. The van der Waals surface area contributed by atoms with Crippen LogP contribution >= 0.6 is 11.6 Å². The molecule has 1 amide bonds. The highest BCUT2D eigenvalue weighted by atomic mass is 35.5. The molecule has 0 aliphatic heterocycles. The molecule has 0 saturated heterocycles. The van der Waals surface area contributed by atoms with Gasteiger partial charge in [0.05, 0.1) is 5.75 Å². The van der Waals surface area contributed by atoms with Crippen molar-refractivity contribution in [1.29, 1.82) is 0 Å². The van der Waals surface area contributed by atoms with E-state index in [1.54, 1.807) is 32.1 Å². The minimum atomic E-state index is -3.12. The molecule has 0 fully saturated rings. The number of sulfone groups is 1. The van der Waals surface area contributed by atoms with Crippen LogP contribution in [0, 0.1) is 0 Å². The summed E-state index contributed by atoms with van der Waals surface area (Å²) in [7, 11) is -3.12. The Balaban J connectivity index is 2.75. The maximum atomic E-state index is 11.9. The minimum Gasteiger partial charge on any atom is -0.349 e. The molecule has 1 unspecified atom stereocenters. The van der Waals surface area contributed by atoms with Gasteiger partial charge in [-0.2, -0.15) is 0 Å². The Morgan fingerprint density at radius 1 is 1.40 bits per heavy atom. The number of hydrogen-bond donors (Lipinski definition) is 1. The van der Waals surface area contributed by atoms with Crippen molar-refractivity contribution in [3.63, 3.8) is 0 Å². The quantitative estimate of drug-likeness (QED) is 0.848. The fraction of sp³-hybridized carbons (Fsp3) is 0.357. The smallest absolute Gasteiger partial charge is 0.247 e. The second-order valence-corrected chi connectivity index (χ2v) is 7.41. The number of carbonyl (C=O) groups is 1. The number of carbonyl (C=O) groups excluding carboxylic acids is 1. The fourth-order valence-corrected chi connectivity index (χ4v) is 2.91. The number of halogens is 1. The molecule has 0 aliphatic carbocycles. The monoisotopic (exact) mass is 315 g/mol. The van der Waals surface area contributed by atoms with Gasteiger partial charge in [-0.05, 0) is 31.6 Å². The normalized spacial score (nSPS) is 13.9. The molecule has 0 heterocycles. The molecule has 1 atom stereocenters. The summed E-state index contributed by atoms with van der Waals surface area (Å²) in [6, 6.07) is 6.75. The molecule has 110 valence electrons. The van der Waals surface area contributed by atoms with E-state index in [0.29, 0.717) is 10.6 Å². The van der Waals surface area contributed by atoms with E-state index in [9.17, 15) is 13.2 Å². The van der Waals surface area contributed by atoms with Crippen LogP contribution in [0.5, 0.6) is 0 Å². The Morgan fingerprint density at radius 2 is 2.00 bits per heavy atom. The Kier molecular flexibility index (Phi) is 5.77. The van der Waals surface area contributed by atoms with E-state index >= 15 is 0 Å². The zero-order chi connectivity index (χ0) is 15.3. The Labute approximate surface area is 124 Å². The van der Waals surface area contributed by atoms with E-state index in [4.69, 9.17) is 11.6 Å². The Morgan fingerprint density at radius 3 is 2.55 bits per heavy atom. The summed E-state index contributed by atoms with van der Waals surface area (Å²) >= 11 is 6.01. The molecule has 0 aromatic heterocycles. The molecule has 0 bridgehead atoms. The predicted octanol–water partition coefficient (Wildman–Crippen LogP) is 2.29. The molecule has 4 nitrogen and oxygen atoms in total. The lowest BCUT2D eigenvalue weighted by atomic mass is 10.1. The summed E-state index contributed by atoms with van der Waals surface area (Å²) in [4.78, 5) is 11.9. The van der Waals surface area contributed by atoms with Gasteiger partial charge in [0.15, 0.2) is 0 Å². The van der Waals surface area contributed by atoms with Crippen LogP contribution in [0.15, 0.2) is 29.8 Å². The largest absolute Gasteiger partial charge is 0.349 e. The molecular formula is C14H18ClNO3S. The molecule has 1 rings (SSSR count). The first-order valence-corrected chi connectivity index (χ1v) is 8.54. The summed E-state index contributed by atoms with van der Waals surface area (Å²) in [6.07, 6.45) is 2.81. The van der Waals surface area contributed by atoms with Crippen molar-refractivity contribution in [2.24, 2.45) is 0 Å². The van der Waals surface area contributed by atoms with Crippen LogP contribution in [0.2, 0.25) is 5.02 Å². The zero-order valence-corrected chi connectivity index (χ0v) is 13.3. The lowest BCUT2D eigenvalue weighted by Crippen LogP contribution is -2.37. The third kappa shape index (κ3) is 5.75. The lowest BCUT2D eigenvalue weighted by Gasteiger charge is -2.13. The molecule has 20 heavy (non-hydrogen) atoms.